The van der Waals surface area contributed by atoms with Crippen molar-refractivity contribution in [2.45, 2.75) is 57.8 Å². The van der Waals surface area contributed by atoms with Crippen molar-refractivity contribution in [1.29, 1.82) is 0 Å². The van der Waals surface area contributed by atoms with Crippen LogP contribution in [-0.4, -0.2) is 43.0 Å². The topological polar surface area (TPSA) is 86.4 Å². The van der Waals surface area contributed by atoms with Gasteiger partial charge >= 0.3 is 0 Å². The fraction of sp³-hybridized carbons (Fsp3) is 0.571. The number of fused-ring (bicyclic) bond motifs is 2. The summed E-state index contributed by atoms with van der Waals surface area (Å²) in [6, 6.07) is 2.02. The molecule has 0 radical (unpaired) electrons. The Hall–Kier alpha value is -1.90. The molecule has 0 spiro atoms. The number of ether oxygens (including phenoxy) is 1. The zero-order valence-electron chi connectivity index (χ0n) is 18.3. The second kappa shape index (κ2) is 7.66. The first-order chi connectivity index (χ1) is 14.0. The molecule has 4 heterocycles. The molecule has 2 aliphatic heterocycles. The minimum absolute atomic E-state index is 0.0907. The lowest BCUT2D eigenvalue weighted by Gasteiger charge is -2.37. The average molecular weight is 448 g/mol. The average Bonchev–Trinajstić information content (AvgIpc) is 3.23. The Morgan fingerprint density at radius 2 is 2.10 bits per heavy atom. The maximum absolute atomic E-state index is 6.52. The first-order valence-corrected chi connectivity index (χ1v) is 13.7. The minimum Gasteiger partial charge on any atom is -0.493 e. The molecule has 30 heavy (non-hydrogen) atoms. The molecule has 7 nitrogen and oxygen atoms in total. The van der Waals surface area contributed by atoms with E-state index in [2.05, 4.69) is 53.7 Å². The van der Waals surface area contributed by atoms with Crippen LogP contribution in [-0.2, 0) is 17.4 Å². The van der Waals surface area contributed by atoms with Gasteiger partial charge in [-0.2, -0.15) is 4.98 Å². The Morgan fingerprint density at radius 3 is 2.83 bits per heavy atom. The summed E-state index contributed by atoms with van der Waals surface area (Å²) in [5.41, 5.74) is 8.93. The molecule has 0 bridgehead atoms. The highest BCUT2D eigenvalue weighted by Crippen LogP contribution is 2.42. The fourth-order valence-electron chi connectivity index (χ4n) is 3.66. The van der Waals surface area contributed by atoms with Crippen molar-refractivity contribution in [1.82, 2.24) is 15.0 Å². The van der Waals surface area contributed by atoms with Gasteiger partial charge in [0, 0.05) is 48.9 Å². The first kappa shape index (κ1) is 21.3. The van der Waals surface area contributed by atoms with E-state index in [1.54, 1.807) is 0 Å². The fourth-order valence-corrected chi connectivity index (χ4v) is 5.04. The standard InChI is InChI=1S/C21H30ClN5O2Si/c1-21(2,3)30(4,5)29-12-14-10-27(19-17(14)18(22)25-20(23)26-19)11-15-8-16-13(9-24-15)6-7-28-16/h8-9,14H,6-7,10-12H2,1-5H3,(H2,23,25,26). The quantitative estimate of drug-likeness (QED) is 0.543. The molecule has 0 aromatic carbocycles. The third-order valence-corrected chi connectivity index (χ3v) is 11.3. The van der Waals surface area contributed by atoms with Crippen LogP contribution in [0.2, 0.25) is 23.3 Å². The number of anilines is 2. The molecule has 0 saturated carbocycles. The Morgan fingerprint density at radius 1 is 1.33 bits per heavy atom. The van der Waals surface area contributed by atoms with E-state index in [0.717, 1.165) is 48.0 Å². The van der Waals surface area contributed by atoms with E-state index in [4.69, 9.17) is 26.5 Å². The monoisotopic (exact) mass is 447 g/mol. The number of aromatic nitrogens is 3. The summed E-state index contributed by atoms with van der Waals surface area (Å²) in [6.45, 7) is 13.9. The van der Waals surface area contributed by atoms with Crippen LogP contribution in [0.25, 0.3) is 0 Å². The molecule has 4 rings (SSSR count). The highest BCUT2D eigenvalue weighted by atomic mass is 35.5. The van der Waals surface area contributed by atoms with Crippen molar-refractivity contribution in [3.05, 3.63) is 34.2 Å². The van der Waals surface area contributed by atoms with Gasteiger partial charge in [-0.15, -0.1) is 0 Å². The number of nitrogens with two attached hydrogens (primary N) is 1. The maximum atomic E-state index is 6.52. The number of pyridine rings is 1. The van der Waals surface area contributed by atoms with Gasteiger partial charge in [-0.3, -0.25) is 4.98 Å². The number of rotatable bonds is 5. The van der Waals surface area contributed by atoms with Crippen LogP contribution in [0, 0.1) is 0 Å². The molecule has 0 amide bonds. The van der Waals surface area contributed by atoms with Crippen molar-refractivity contribution in [3.8, 4) is 5.75 Å². The van der Waals surface area contributed by atoms with Gasteiger partial charge in [-0.25, -0.2) is 4.98 Å². The van der Waals surface area contributed by atoms with Crippen LogP contribution in [0.3, 0.4) is 0 Å². The molecular weight excluding hydrogens is 418 g/mol. The Labute approximate surface area is 184 Å². The van der Waals surface area contributed by atoms with Gasteiger partial charge in [0.1, 0.15) is 16.7 Å². The van der Waals surface area contributed by atoms with Crippen LogP contribution in [0.15, 0.2) is 12.3 Å². The number of hydrogen-bond donors (Lipinski definition) is 1. The smallest absolute Gasteiger partial charge is 0.223 e. The Bertz CT molecular complexity index is 963. The number of nitrogens with zero attached hydrogens (tertiary/aromatic N) is 4. The van der Waals surface area contributed by atoms with Crippen molar-refractivity contribution >= 4 is 31.7 Å². The lowest BCUT2D eigenvalue weighted by atomic mass is 10.1. The molecular formula is C21H30ClN5O2Si. The van der Waals surface area contributed by atoms with Crippen LogP contribution in [0.5, 0.6) is 5.75 Å². The minimum atomic E-state index is -1.89. The largest absolute Gasteiger partial charge is 0.493 e. The molecule has 162 valence electrons. The van der Waals surface area contributed by atoms with Crippen LogP contribution >= 0.6 is 11.6 Å². The predicted molar refractivity (Wildman–Crippen MR) is 122 cm³/mol. The zero-order chi connectivity index (χ0) is 21.7. The van der Waals surface area contributed by atoms with Crippen molar-refractivity contribution in [2.24, 2.45) is 0 Å². The van der Waals surface area contributed by atoms with E-state index in [1.807, 2.05) is 12.3 Å². The summed E-state index contributed by atoms with van der Waals surface area (Å²) < 4.78 is 12.2. The number of halogens is 1. The van der Waals surface area contributed by atoms with E-state index in [1.165, 1.54) is 0 Å². The lowest BCUT2D eigenvalue weighted by molar-refractivity contribution is 0.267. The SMILES string of the molecule is CC(C)(C)[Si](C)(C)OCC1CN(Cc2cc3c(cn2)CCO3)c2nc(N)nc(Cl)c21. The van der Waals surface area contributed by atoms with E-state index < -0.39 is 8.32 Å². The van der Waals surface area contributed by atoms with E-state index in [0.29, 0.717) is 18.3 Å². The molecule has 1 unspecified atom stereocenters. The van der Waals surface area contributed by atoms with Gasteiger partial charge < -0.3 is 19.8 Å². The number of nitrogen functional groups attached to an aromatic ring is 1. The van der Waals surface area contributed by atoms with Crippen LogP contribution in [0.4, 0.5) is 11.8 Å². The molecule has 0 saturated heterocycles. The second-order valence-electron chi connectivity index (χ2n) is 9.64. The van der Waals surface area contributed by atoms with Gasteiger partial charge in [-0.05, 0) is 18.1 Å². The second-order valence-corrected chi connectivity index (χ2v) is 14.8. The van der Waals surface area contributed by atoms with Gasteiger partial charge in [-0.1, -0.05) is 32.4 Å². The van der Waals surface area contributed by atoms with Crippen LogP contribution in [0.1, 0.15) is 43.5 Å². The van der Waals surface area contributed by atoms with Gasteiger partial charge in [0.25, 0.3) is 0 Å². The molecule has 0 fully saturated rings. The molecule has 2 N–H and O–H groups in total. The highest BCUT2D eigenvalue weighted by Gasteiger charge is 2.40. The van der Waals surface area contributed by atoms with Crippen molar-refractivity contribution in [2.75, 3.05) is 30.4 Å². The van der Waals surface area contributed by atoms with E-state index in [9.17, 15) is 0 Å². The summed E-state index contributed by atoms with van der Waals surface area (Å²) in [5, 5.41) is 0.554. The first-order valence-electron chi connectivity index (χ1n) is 10.4. The number of hydrogen-bond acceptors (Lipinski definition) is 7. The third kappa shape index (κ3) is 4.00. The Kier molecular flexibility index (Phi) is 5.44. The van der Waals surface area contributed by atoms with Gasteiger partial charge in [0.05, 0.1) is 18.8 Å². The molecule has 2 aromatic rings. The summed E-state index contributed by atoms with van der Waals surface area (Å²) in [7, 11) is -1.89. The van der Waals surface area contributed by atoms with Gasteiger partial charge in [0.15, 0.2) is 8.32 Å². The van der Waals surface area contributed by atoms with Gasteiger partial charge in [0.2, 0.25) is 5.95 Å². The van der Waals surface area contributed by atoms with Crippen molar-refractivity contribution < 1.29 is 9.16 Å². The summed E-state index contributed by atoms with van der Waals surface area (Å²) in [6.07, 6.45) is 2.83. The highest BCUT2D eigenvalue weighted by molar-refractivity contribution is 6.74. The molecule has 9 heteroatoms. The zero-order valence-corrected chi connectivity index (χ0v) is 20.1. The predicted octanol–water partition coefficient (Wildman–Crippen LogP) is 4.17. The van der Waals surface area contributed by atoms with Crippen LogP contribution < -0.4 is 15.4 Å². The third-order valence-electron chi connectivity index (χ3n) is 6.48. The lowest BCUT2D eigenvalue weighted by Crippen LogP contribution is -2.42. The summed E-state index contributed by atoms with van der Waals surface area (Å²) in [5.74, 6) is 1.98. The summed E-state index contributed by atoms with van der Waals surface area (Å²) in [4.78, 5) is 15.5. The van der Waals surface area contributed by atoms with E-state index in [-0.39, 0.29) is 16.9 Å². The molecule has 2 aromatic heterocycles. The molecule has 2 aliphatic rings. The van der Waals surface area contributed by atoms with Crippen molar-refractivity contribution in [3.63, 3.8) is 0 Å². The summed E-state index contributed by atoms with van der Waals surface area (Å²) >= 11 is 6.52. The normalized spacial score (nSPS) is 18.3. The Balaban J connectivity index is 1.58. The molecule has 1 atom stereocenters. The maximum Gasteiger partial charge on any atom is 0.223 e. The molecule has 0 aliphatic carbocycles. The van der Waals surface area contributed by atoms with E-state index >= 15 is 0 Å².